The van der Waals surface area contributed by atoms with Gasteiger partial charge in [-0.3, -0.25) is 9.78 Å². The van der Waals surface area contributed by atoms with E-state index in [0.29, 0.717) is 25.4 Å². The van der Waals surface area contributed by atoms with Crippen molar-refractivity contribution in [2.45, 2.75) is 18.9 Å². The minimum Gasteiger partial charge on any atom is -0.497 e. The van der Waals surface area contributed by atoms with Gasteiger partial charge in [0.1, 0.15) is 11.9 Å². The molecule has 0 radical (unpaired) electrons. The zero-order chi connectivity index (χ0) is 18.5. The number of anilines is 1. The van der Waals surface area contributed by atoms with Gasteiger partial charge in [0.15, 0.2) is 5.82 Å². The van der Waals surface area contributed by atoms with Crippen molar-refractivity contribution in [3.8, 4) is 11.6 Å². The number of benzene rings is 1. The fourth-order valence-electron chi connectivity index (χ4n) is 2.90. The third kappa shape index (κ3) is 4.41. The van der Waals surface area contributed by atoms with Crippen LogP contribution in [0.1, 0.15) is 12.0 Å². The maximum Gasteiger partial charge on any atom is 0.234 e. The van der Waals surface area contributed by atoms with E-state index >= 15 is 0 Å². The number of carbonyl (C=O) groups excluding carboxylic acids is 1. The molecule has 0 saturated carbocycles. The van der Waals surface area contributed by atoms with Crippen LogP contribution in [0, 0.1) is 0 Å². The van der Waals surface area contributed by atoms with Gasteiger partial charge in [-0.25, -0.2) is 0 Å². The van der Waals surface area contributed by atoms with Crippen molar-refractivity contribution in [1.82, 2.24) is 14.9 Å². The van der Waals surface area contributed by atoms with Crippen LogP contribution in [-0.2, 0) is 11.2 Å². The van der Waals surface area contributed by atoms with Crippen LogP contribution in [0.15, 0.2) is 36.7 Å². The predicted molar refractivity (Wildman–Crippen MR) is 98.7 cm³/mol. The van der Waals surface area contributed by atoms with E-state index in [1.807, 2.05) is 48.2 Å². The number of nitrogens with zero attached hydrogens (tertiary/aromatic N) is 4. The van der Waals surface area contributed by atoms with Gasteiger partial charge in [-0.2, -0.15) is 4.98 Å². The van der Waals surface area contributed by atoms with Crippen molar-refractivity contribution < 1.29 is 14.3 Å². The maximum atomic E-state index is 12.6. The van der Waals surface area contributed by atoms with E-state index in [0.717, 1.165) is 23.6 Å². The van der Waals surface area contributed by atoms with Crippen molar-refractivity contribution in [3.05, 3.63) is 42.2 Å². The smallest absolute Gasteiger partial charge is 0.234 e. The summed E-state index contributed by atoms with van der Waals surface area (Å²) in [6.07, 6.45) is 4.38. The number of methoxy groups -OCH3 is 1. The highest BCUT2D eigenvalue weighted by molar-refractivity contribution is 5.79. The quantitative estimate of drug-likeness (QED) is 0.786. The van der Waals surface area contributed by atoms with Gasteiger partial charge in [0.05, 0.1) is 32.5 Å². The Hall–Kier alpha value is -2.83. The number of likely N-dealkylation sites (tertiary alicyclic amines) is 1. The first-order valence-corrected chi connectivity index (χ1v) is 8.62. The SMILES string of the molecule is COc1cccc(CC(=O)N2CCC(Oc3cncc(N(C)C)n3)C2)c1. The summed E-state index contributed by atoms with van der Waals surface area (Å²) in [7, 11) is 5.43. The standard InChI is InChI=1S/C19H24N4O3/c1-22(2)17-11-20-12-18(21-17)26-16-7-8-23(13-16)19(24)10-14-5-4-6-15(9-14)25-3/h4-6,9,11-12,16H,7-8,10,13H2,1-3H3. The van der Waals surface area contributed by atoms with E-state index < -0.39 is 0 Å². The van der Waals surface area contributed by atoms with Crippen molar-refractivity contribution >= 4 is 11.7 Å². The summed E-state index contributed by atoms with van der Waals surface area (Å²) in [5.41, 5.74) is 0.947. The summed E-state index contributed by atoms with van der Waals surface area (Å²) < 4.78 is 11.1. The molecular formula is C19H24N4O3. The van der Waals surface area contributed by atoms with Gasteiger partial charge < -0.3 is 19.3 Å². The number of hydrogen-bond acceptors (Lipinski definition) is 6. The molecule has 138 valence electrons. The van der Waals surface area contributed by atoms with Gasteiger partial charge in [-0.05, 0) is 17.7 Å². The number of carbonyl (C=O) groups is 1. The third-order valence-electron chi connectivity index (χ3n) is 4.33. The van der Waals surface area contributed by atoms with Gasteiger partial charge in [-0.1, -0.05) is 12.1 Å². The monoisotopic (exact) mass is 356 g/mol. The number of hydrogen-bond donors (Lipinski definition) is 0. The average molecular weight is 356 g/mol. The Balaban J connectivity index is 1.56. The first kappa shape index (κ1) is 18.0. The first-order valence-electron chi connectivity index (χ1n) is 8.62. The van der Waals surface area contributed by atoms with Crippen LogP contribution < -0.4 is 14.4 Å². The summed E-state index contributed by atoms with van der Waals surface area (Å²) >= 11 is 0. The van der Waals surface area contributed by atoms with E-state index in [-0.39, 0.29) is 12.0 Å². The van der Waals surface area contributed by atoms with Crippen LogP contribution in [0.4, 0.5) is 5.82 Å². The zero-order valence-corrected chi connectivity index (χ0v) is 15.4. The molecule has 7 heteroatoms. The molecule has 0 bridgehead atoms. The summed E-state index contributed by atoms with van der Waals surface area (Å²) in [6.45, 7) is 1.25. The minimum atomic E-state index is -0.0593. The van der Waals surface area contributed by atoms with E-state index in [4.69, 9.17) is 9.47 Å². The normalized spacial score (nSPS) is 16.4. The Labute approximate surface area is 153 Å². The summed E-state index contributed by atoms with van der Waals surface area (Å²) in [5.74, 6) is 2.09. The highest BCUT2D eigenvalue weighted by atomic mass is 16.5. The van der Waals surface area contributed by atoms with Gasteiger partial charge in [0, 0.05) is 27.1 Å². The van der Waals surface area contributed by atoms with Crippen molar-refractivity contribution in [2.24, 2.45) is 0 Å². The lowest BCUT2D eigenvalue weighted by Gasteiger charge is -2.18. The zero-order valence-electron chi connectivity index (χ0n) is 15.4. The molecule has 1 saturated heterocycles. The Kier molecular flexibility index (Phi) is 5.55. The summed E-state index contributed by atoms with van der Waals surface area (Å²) in [5, 5.41) is 0. The fourth-order valence-corrected chi connectivity index (χ4v) is 2.90. The second-order valence-corrected chi connectivity index (χ2v) is 6.51. The fraction of sp³-hybridized carbons (Fsp3) is 0.421. The highest BCUT2D eigenvalue weighted by Crippen LogP contribution is 2.20. The van der Waals surface area contributed by atoms with Crippen LogP contribution in [0.5, 0.6) is 11.6 Å². The highest BCUT2D eigenvalue weighted by Gasteiger charge is 2.28. The minimum absolute atomic E-state index is 0.0593. The molecular weight excluding hydrogens is 332 g/mol. The average Bonchev–Trinajstić information content (AvgIpc) is 3.10. The Morgan fingerprint density at radius 3 is 2.96 bits per heavy atom. The van der Waals surface area contributed by atoms with E-state index in [1.165, 1.54) is 0 Å². The molecule has 0 spiro atoms. The summed E-state index contributed by atoms with van der Waals surface area (Å²) in [4.78, 5) is 24.8. The lowest BCUT2D eigenvalue weighted by Crippen LogP contribution is -2.32. The molecule has 1 unspecified atom stereocenters. The third-order valence-corrected chi connectivity index (χ3v) is 4.33. The molecule has 2 aromatic rings. The number of amides is 1. The van der Waals surface area contributed by atoms with E-state index in [1.54, 1.807) is 19.5 Å². The van der Waals surface area contributed by atoms with Crippen molar-refractivity contribution in [3.63, 3.8) is 0 Å². The van der Waals surface area contributed by atoms with E-state index in [9.17, 15) is 4.79 Å². The Morgan fingerprint density at radius 1 is 1.35 bits per heavy atom. The molecule has 7 nitrogen and oxygen atoms in total. The Bertz CT molecular complexity index is 766. The lowest BCUT2D eigenvalue weighted by molar-refractivity contribution is -0.129. The number of ether oxygens (including phenoxy) is 2. The summed E-state index contributed by atoms with van der Waals surface area (Å²) in [6, 6.07) is 7.60. The second-order valence-electron chi connectivity index (χ2n) is 6.51. The molecule has 1 aliphatic rings. The van der Waals surface area contributed by atoms with Gasteiger partial charge in [-0.15, -0.1) is 0 Å². The molecule has 3 rings (SSSR count). The molecule has 26 heavy (non-hydrogen) atoms. The van der Waals surface area contributed by atoms with Gasteiger partial charge >= 0.3 is 0 Å². The van der Waals surface area contributed by atoms with Crippen molar-refractivity contribution in [1.29, 1.82) is 0 Å². The Morgan fingerprint density at radius 2 is 2.19 bits per heavy atom. The molecule has 1 aromatic heterocycles. The molecule has 1 amide bonds. The number of aromatic nitrogens is 2. The molecule has 1 fully saturated rings. The van der Waals surface area contributed by atoms with Crippen LogP contribution in [-0.4, -0.2) is 61.2 Å². The van der Waals surface area contributed by atoms with Crippen LogP contribution in [0.25, 0.3) is 0 Å². The van der Waals surface area contributed by atoms with Crippen LogP contribution in [0.3, 0.4) is 0 Å². The second kappa shape index (κ2) is 8.03. The number of rotatable bonds is 6. The molecule has 1 atom stereocenters. The van der Waals surface area contributed by atoms with Crippen molar-refractivity contribution in [2.75, 3.05) is 39.2 Å². The van der Waals surface area contributed by atoms with Gasteiger partial charge in [0.25, 0.3) is 0 Å². The first-order chi connectivity index (χ1) is 12.5. The molecule has 2 heterocycles. The molecule has 0 aliphatic carbocycles. The van der Waals surface area contributed by atoms with Crippen LogP contribution in [0.2, 0.25) is 0 Å². The lowest BCUT2D eigenvalue weighted by atomic mass is 10.1. The topological polar surface area (TPSA) is 67.8 Å². The van der Waals surface area contributed by atoms with Gasteiger partial charge in [0.2, 0.25) is 11.8 Å². The molecule has 0 N–H and O–H groups in total. The van der Waals surface area contributed by atoms with E-state index in [2.05, 4.69) is 9.97 Å². The predicted octanol–water partition coefficient (Wildman–Crippen LogP) is 1.77. The van der Waals surface area contributed by atoms with Crippen LogP contribution >= 0.6 is 0 Å². The maximum absolute atomic E-state index is 12.6. The molecule has 1 aliphatic heterocycles. The largest absolute Gasteiger partial charge is 0.497 e. The molecule has 1 aromatic carbocycles.